The van der Waals surface area contributed by atoms with Crippen LogP contribution in [-0.4, -0.2) is 31.5 Å². The Kier molecular flexibility index (Phi) is 7.21. The van der Waals surface area contributed by atoms with Gasteiger partial charge in [-0.3, -0.25) is 9.59 Å². The van der Waals surface area contributed by atoms with Crippen molar-refractivity contribution in [3.63, 3.8) is 0 Å². The molecule has 5 nitrogen and oxygen atoms in total. The third kappa shape index (κ3) is 6.12. The molecule has 2 rings (SSSR count). The molecule has 0 unspecified atom stereocenters. The highest BCUT2D eigenvalue weighted by atomic mass is 16.5. The highest BCUT2D eigenvalue weighted by Gasteiger charge is 2.19. The molecular formula is C23H30N2O3. The van der Waals surface area contributed by atoms with Gasteiger partial charge in [-0.05, 0) is 42.5 Å². The van der Waals surface area contributed by atoms with Crippen LogP contribution in [0.2, 0.25) is 0 Å². The number of ether oxygens (including phenoxy) is 1. The molecule has 0 saturated heterocycles. The Bertz CT molecular complexity index is 838. The second-order valence-electron chi connectivity index (χ2n) is 7.96. The van der Waals surface area contributed by atoms with Crippen LogP contribution in [-0.2, 0) is 10.2 Å². The van der Waals surface area contributed by atoms with Crippen molar-refractivity contribution >= 4 is 11.8 Å². The molecule has 2 aromatic rings. The lowest BCUT2D eigenvalue weighted by atomic mass is 9.85. The Morgan fingerprint density at radius 3 is 2.32 bits per heavy atom. The van der Waals surface area contributed by atoms with Crippen molar-refractivity contribution in [1.82, 2.24) is 10.6 Å². The van der Waals surface area contributed by atoms with Gasteiger partial charge in [0.1, 0.15) is 5.75 Å². The van der Waals surface area contributed by atoms with E-state index < -0.39 is 0 Å². The Labute approximate surface area is 167 Å². The first-order valence-electron chi connectivity index (χ1n) is 9.53. The average molecular weight is 383 g/mol. The molecule has 150 valence electrons. The lowest BCUT2D eigenvalue weighted by Crippen LogP contribution is -2.37. The van der Waals surface area contributed by atoms with E-state index in [1.807, 2.05) is 44.2 Å². The molecule has 2 amide bonds. The quantitative estimate of drug-likeness (QED) is 0.720. The van der Waals surface area contributed by atoms with Gasteiger partial charge >= 0.3 is 0 Å². The summed E-state index contributed by atoms with van der Waals surface area (Å²) in [6.07, 6.45) is 0. The van der Waals surface area contributed by atoms with Gasteiger partial charge < -0.3 is 15.4 Å². The number of benzene rings is 2. The SMILES string of the molecule is Cc1ccc(OCC(=O)NCCNC(=O)c2ccccc2C)c(C(C)(C)C)c1. The fourth-order valence-corrected chi connectivity index (χ4v) is 2.85. The Hall–Kier alpha value is -2.82. The molecule has 0 spiro atoms. The van der Waals surface area contributed by atoms with Crippen molar-refractivity contribution in [1.29, 1.82) is 0 Å². The topological polar surface area (TPSA) is 67.4 Å². The summed E-state index contributed by atoms with van der Waals surface area (Å²) in [5.41, 5.74) is 3.73. The van der Waals surface area contributed by atoms with Crippen molar-refractivity contribution < 1.29 is 14.3 Å². The number of hydrogen-bond donors (Lipinski definition) is 2. The van der Waals surface area contributed by atoms with E-state index in [2.05, 4.69) is 37.5 Å². The maximum absolute atomic E-state index is 12.1. The van der Waals surface area contributed by atoms with Gasteiger partial charge in [-0.15, -0.1) is 0 Å². The molecule has 0 heterocycles. The molecule has 0 aliphatic rings. The average Bonchev–Trinajstić information content (AvgIpc) is 2.63. The van der Waals surface area contributed by atoms with E-state index in [1.165, 1.54) is 0 Å². The van der Waals surface area contributed by atoms with Crippen LogP contribution in [0.1, 0.15) is 47.8 Å². The van der Waals surface area contributed by atoms with Crippen LogP contribution in [0.3, 0.4) is 0 Å². The van der Waals surface area contributed by atoms with Crippen molar-refractivity contribution in [2.45, 2.75) is 40.0 Å². The lowest BCUT2D eigenvalue weighted by molar-refractivity contribution is -0.123. The van der Waals surface area contributed by atoms with Crippen LogP contribution in [0, 0.1) is 13.8 Å². The third-order valence-corrected chi connectivity index (χ3v) is 4.42. The molecule has 0 fully saturated rings. The van der Waals surface area contributed by atoms with E-state index in [0.717, 1.165) is 22.4 Å². The smallest absolute Gasteiger partial charge is 0.258 e. The van der Waals surface area contributed by atoms with Gasteiger partial charge in [0.2, 0.25) is 0 Å². The number of nitrogens with one attached hydrogen (secondary N) is 2. The molecule has 28 heavy (non-hydrogen) atoms. The highest BCUT2D eigenvalue weighted by Crippen LogP contribution is 2.32. The summed E-state index contributed by atoms with van der Waals surface area (Å²) >= 11 is 0. The fraction of sp³-hybridized carbons (Fsp3) is 0.391. The van der Waals surface area contributed by atoms with E-state index in [9.17, 15) is 9.59 Å². The van der Waals surface area contributed by atoms with Crippen LogP contribution in [0.15, 0.2) is 42.5 Å². The van der Waals surface area contributed by atoms with E-state index in [0.29, 0.717) is 18.7 Å². The molecular weight excluding hydrogens is 352 g/mol. The van der Waals surface area contributed by atoms with Crippen molar-refractivity contribution in [2.75, 3.05) is 19.7 Å². The van der Waals surface area contributed by atoms with Crippen LogP contribution in [0.5, 0.6) is 5.75 Å². The zero-order valence-corrected chi connectivity index (χ0v) is 17.4. The summed E-state index contributed by atoms with van der Waals surface area (Å²) in [4.78, 5) is 24.2. The van der Waals surface area contributed by atoms with E-state index in [-0.39, 0.29) is 23.8 Å². The minimum atomic E-state index is -0.217. The van der Waals surface area contributed by atoms with Gasteiger partial charge in [-0.25, -0.2) is 0 Å². The molecule has 0 aliphatic carbocycles. The molecule has 0 saturated carbocycles. The Morgan fingerprint density at radius 2 is 1.64 bits per heavy atom. The summed E-state index contributed by atoms with van der Waals surface area (Å²) < 4.78 is 5.74. The van der Waals surface area contributed by atoms with Gasteiger partial charge in [0.25, 0.3) is 11.8 Å². The molecule has 0 atom stereocenters. The predicted molar refractivity (Wildman–Crippen MR) is 112 cm³/mol. The number of rotatable bonds is 7. The van der Waals surface area contributed by atoms with Crippen LogP contribution in [0.25, 0.3) is 0 Å². The minimum absolute atomic E-state index is 0.0577. The molecule has 5 heteroatoms. The molecule has 2 N–H and O–H groups in total. The first-order valence-corrected chi connectivity index (χ1v) is 9.53. The van der Waals surface area contributed by atoms with Gasteiger partial charge in [-0.1, -0.05) is 56.7 Å². The van der Waals surface area contributed by atoms with Crippen LogP contribution in [0.4, 0.5) is 0 Å². The normalized spacial score (nSPS) is 11.0. The van der Waals surface area contributed by atoms with Crippen LogP contribution >= 0.6 is 0 Å². The Balaban J connectivity index is 1.78. The molecule has 0 aliphatic heterocycles. The van der Waals surface area contributed by atoms with E-state index in [1.54, 1.807) is 6.07 Å². The maximum atomic E-state index is 12.1. The first kappa shape index (κ1) is 21.5. The summed E-state index contributed by atoms with van der Waals surface area (Å²) in [5, 5.41) is 5.57. The number of aryl methyl sites for hydroxylation is 2. The summed E-state index contributed by atoms with van der Waals surface area (Å²) in [7, 11) is 0. The summed E-state index contributed by atoms with van der Waals surface area (Å²) in [6, 6.07) is 13.4. The fourth-order valence-electron chi connectivity index (χ4n) is 2.85. The van der Waals surface area contributed by atoms with Gasteiger partial charge in [0.05, 0.1) is 0 Å². The second kappa shape index (κ2) is 9.40. The Morgan fingerprint density at radius 1 is 0.964 bits per heavy atom. The molecule has 0 bridgehead atoms. The number of hydrogen-bond acceptors (Lipinski definition) is 3. The zero-order chi connectivity index (χ0) is 20.7. The van der Waals surface area contributed by atoms with Crippen LogP contribution < -0.4 is 15.4 Å². The maximum Gasteiger partial charge on any atom is 0.258 e. The largest absolute Gasteiger partial charge is 0.483 e. The van der Waals surface area contributed by atoms with Crippen molar-refractivity contribution in [3.8, 4) is 5.75 Å². The molecule has 0 radical (unpaired) electrons. The third-order valence-electron chi connectivity index (χ3n) is 4.42. The molecule has 0 aromatic heterocycles. The lowest BCUT2D eigenvalue weighted by Gasteiger charge is -2.23. The van der Waals surface area contributed by atoms with Gasteiger partial charge in [-0.2, -0.15) is 0 Å². The molecule has 2 aromatic carbocycles. The summed E-state index contributed by atoms with van der Waals surface area (Å²) in [6.45, 7) is 10.9. The van der Waals surface area contributed by atoms with Crippen molar-refractivity contribution in [2.24, 2.45) is 0 Å². The van der Waals surface area contributed by atoms with Crippen molar-refractivity contribution in [3.05, 3.63) is 64.7 Å². The van der Waals surface area contributed by atoms with E-state index in [4.69, 9.17) is 4.74 Å². The number of carbonyl (C=O) groups is 2. The summed E-state index contributed by atoms with van der Waals surface area (Å²) in [5.74, 6) is 0.366. The van der Waals surface area contributed by atoms with Gasteiger partial charge in [0, 0.05) is 18.7 Å². The second-order valence-corrected chi connectivity index (χ2v) is 7.96. The zero-order valence-electron chi connectivity index (χ0n) is 17.4. The van der Waals surface area contributed by atoms with E-state index >= 15 is 0 Å². The number of amides is 2. The highest BCUT2D eigenvalue weighted by molar-refractivity contribution is 5.95. The van der Waals surface area contributed by atoms with Gasteiger partial charge in [0.15, 0.2) is 6.61 Å². The standard InChI is InChI=1S/C23H30N2O3/c1-16-10-11-20(19(14-16)23(3,4)5)28-15-21(26)24-12-13-25-22(27)18-9-7-6-8-17(18)2/h6-11,14H,12-13,15H2,1-5H3,(H,24,26)(H,25,27). The predicted octanol–water partition coefficient (Wildman–Crippen LogP) is 3.53. The number of carbonyl (C=O) groups excluding carboxylic acids is 2. The first-order chi connectivity index (χ1) is 13.2. The monoisotopic (exact) mass is 382 g/mol. The minimum Gasteiger partial charge on any atom is -0.483 e.